The van der Waals surface area contributed by atoms with Crippen molar-refractivity contribution in [1.29, 1.82) is 0 Å². The number of carbonyl (C=O) groups excluding carboxylic acids is 1. The number of aromatic amines is 1. The van der Waals surface area contributed by atoms with Crippen LogP contribution in [-0.2, 0) is 19.4 Å². The average Bonchev–Trinajstić information content (AvgIpc) is 3.06. The van der Waals surface area contributed by atoms with Crippen LogP contribution in [0.5, 0.6) is 0 Å². The minimum absolute atomic E-state index is 0.0588. The van der Waals surface area contributed by atoms with Gasteiger partial charge in [0.25, 0.3) is 0 Å². The van der Waals surface area contributed by atoms with E-state index in [4.69, 9.17) is 4.74 Å². The van der Waals surface area contributed by atoms with Gasteiger partial charge in [0, 0.05) is 31.8 Å². The molecular formula is C15H24N4O4S. The van der Waals surface area contributed by atoms with Crippen LogP contribution >= 0.6 is 0 Å². The van der Waals surface area contributed by atoms with Crippen LogP contribution in [0.4, 0.5) is 0 Å². The van der Waals surface area contributed by atoms with Gasteiger partial charge in [0.2, 0.25) is 5.91 Å². The third-order valence-electron chi connectivity index (χ3n) is 4.67. The van der Waals surface area contributed by atoms with E-state index in [9.17, 15) is 13.2 Å². The summed E-state index contributed by atoms with van der Waals surface area (Å²) in [5, 5.41) is 6.76. The molecule has 1 aromatic heterocycles. The predicted molar refractivity (Wildman–Crippen MR) is 87.5 cm³/mol. The van der Waals surface area contributed by atoms with Crippen molar-refractivity contribution < 1.29 is 17.9 Å². The highest BCUT2D eigenvalue weighted by Gasteiger charge is 2.29. The molecule has 1 N–H and O–H groups in total. The molecule has 0 bridgehead atoms. The molecule has 3 rings (SSSR count). The van der Waals surface area contributed by atoms with E-state index >= 15 is 0 Å². The standard InChI is InChI=1S/C15H24N4O4S/c1-24(21,22)13-9-16-17-15(13)12-3-2-4-18(10-12)11-14(20)19-5-7-23-8-6-19/h9,12H,2-8,10-11H2,1H3,(H,16,17)/t12-/m0/s1. The molecule has 2 fully saturated rings. The highest BCUT2D eigenvalue weighted by atomic mass is 32.2. The first-order valence-corrected chi connectivity index (χ1v) is 10.2. The summed E-state index contributed by atoms with van der Waals surface area (Å²) in [6.07, 6.45) is 4.41. The lowest BCUT2D eigenvalue weighted by molar-refractivity contribution is -0.136. The summed E-state index contributed by atoms with van der Waals surface area (Å²) in [5.41, 5.74) is 0.668. The van der Waals surface area contributed by atoms with Crippen LogP contribution in [0, 0.1) is 0 Å². The summed E-state index contributed by atoms with van der Waals surface area (Å²) < 4.78 is 29.0. The van der Waals surface area contributed by atoms with E-state index in [2.05, 4.69) is 15.1 Å². The number of sulfone groups is 1. The van der Waals surface area contributed by atoms with Gasteiger partial charge < -0.3 is 9.64 Å². The Balaban J connectivity index is 1.64. The van der Waals surface area contributed by atoms with E-state index in [0.717, 1.165) is 19.4 Å². The molecule has 2 aliphatic heterocycles. The summed E-state index contributed by atoms with van der Waals surface area (Å²) in [6, 6.07) is 0. The van der Waals surface area contributed by atoms with Gasteiger partial charge in [0.15, 0.2) is 9.84 Å². The third-order valence-corrected chi connectivity index (χ3v) is 5.79. The van der Waals surface area contributed by atoms with E-state index in [1.54, 1.807) is 0 Å². The van der Waals surface area contributed by atoms with Crippen molar-refractivity contribution in [3.8, 4) is 0 Å². The maximum Gasteiger partial charge on any atom is 0.236 e. The number of rotatable bonds is 4. The van der Waals surface area contributed by atoms with Crippen molar-refractivity contribution in [3.63, 3.8) is 0 Å². The van der Waals surface area contributed by atoms with Crippen molar-refractivity contribution in [2.45, 2.75) is 23.7 Å². The Morgan fingerprint density at radius 3 is 2.83 bits per heavy atom. The average molecular weight is 356 g/mol. The SMILES string of the molecule is CS(=O)(=O)c1cn[nH]c1[C@H]1CCCN(CC(=O)N2CCOCC2)C1. The van der Waals surface area contributed by atoms with E-state index < -0.39 is 9.84 Å². The molecule has 0 radical (unpaired) electrons. The first-order chi connectivity index (χ1) is 11.4. The number of nitrogens with zero attached hydrogens (tertiary/aromatic N) is 3. The van der Waals surface area contributed by atoms with Gasteiger partial charge in [-0.3, -0.25) is 14.8 Å². The lowest BCUT2D eigenvalue weighted by Gasteiger charge is -2.34. The Hall–Kier alpha value is -1.45. The van der Waals surface area contributed by atoms with Gasteiger partial charge in [0.05, 0.1) is 31.6 Å². The summed E-state index contributed by atoms with van der Waals surface area (Å²) >= 11 is 0. The van der Waals surface area contributed by atoms with E-state index in [-0.39, 0.29) is 16.7 Å². The molecule has 1 amide bonds. The van der Waals surface area contributed by atoms with Crippen molar-refractivity contribution in [2.75, 3.05) is 52.2 Å². The monoisotopic (exact) mass is 356 g/mol. The molecule has 0 unspecified atom stereocenters. The van der Waals surface area contributed by atoms with Crippen LogP contribution in [0.15, 0.2) is 11.1 Å². The lowest BCUT2D eigenvalue weighted by Crippen LogP contribution is -2.47. The molecule has 0 aliphatic carbocycles. The fraction of sp³-hybridized carbons (Fsp3) is 0.733. The highest BCUT2D eigenvalue weighted by molar-refractivity contribution is 7.90. The molecule has 8 nitrogen and oxygen atoms in total. The van der Waals surface area contributed by atoms with Gasteiger partial charge in [-0.05, 0) is 19.4 Å². The Morgan fingerprint density at radius 2 is 2.12 bits per heavy atom. The number of morpholine rings is 1. The minimum atomic E-state index is -3.30. The molecule has 9 heteroatoms. The molecule has 0 saturated carbocycles. The summed E-state index contributed by atoms with van der Waals surface area (Å²) in [7, 11) is -3.30. The maximum absolute atomic E-state index is 12.4. The molecule has 134 valence electrons. The molecular weight excluding hydrogens is 332 g/mol. The number of hydrogen-bond acceptors (Lipinski definition) is 6. The van der Waals surface area contributed by atoms with Gasteiger partial charge >= 0.3 is 0 Å². The topological polar surface area (TPSA) is 95.6 Å². The van der Waals surface area contributed by atoms with Crippen molar-refractivity contribution in [1.82, 2.24) is 20.0 Å². The number of ether oxygens (including phenoxy) is 1. The number of likely N-dealkylation sites (tertiary alicyclic amines) is 1. The second-order valence-corrected chi connectivity index (χ2v) is 8.47. The number of aromatic nitrogens is 2. The molecule has 0 aromatic carbocycles. The van der Waals surface area contributed by atoms with Gasteiger partial charge in [-0.25, -0.2) is 8.42 Å². The first-order valence-electron chi connectivity index (χ1n) is 8.26. The zero-order valence-corrected chi connectivity index (χ0v) is 14.7. The first kappa shape index (κ1) is 17.4. The normalized spacial score (nSPS) is 23.4. The van der Waals surface area contributed by atoms with Crippen molar-refractivity contribution >= 4 is 15.7 Å². The Labute approximate surface area is 142 Å². The second kappa shape index (κ2) is 7.20. The Kier molecular flexibility index (Phi) is 5.21. The lowest BCUT2D eigenvalue weighted by atomic mass is 9.95. The quantitative estimate of drug-likeness (QED) is 0.806. The minimum Gasteiger partial charge on any atom is -0.378 e. The summed E-state index contributed by atoms with van der Waals surface area (Å²) in [4.78, 5) is 16.6. The van der Waals surface area contributed by atoms with Crippen LogP contribution < -0.4 is 0 Å². The molecule has 1 aromatic rings. The second-order valence-electron chi connectivity index (χ2n) is 6.49. The zero-order valence-electron chi connectivity index (χ0n) is 13.9. The zero-order chi connectivity index (χ0) is 17.2. The Morgan fingerprint density at radius 1 is 1.38 bits per heavy atom. The van der Waals surface area contributed by atoms with Crippen LogP contribution in [0.1, 0.15) is 24.5 Å². The number of H-pyrrole nitrogens is 1. The van der Waals surface area contributed by atoms with E-state index in [1.807, 2.05) is 4.90 Å². The van der Waals surface area contributed by atoms with Crippen LogP contribution in [0.2, 0.25) is 0 Å². The molecule has 0 spiro atoms. The third kappa shape index (κ3) is 3.96. The molecule has 2 saturated heterocycles. The maximum atomic E-state index is 12.4. The number of carbonyl (C=O) groups is 1. The number of hydrogen-bond donors (Lipinski definition) is 1. The Bertz CT molecular complexity index is 681. The molecule has 1 atom stereocenters. The number of nitrogens with one attached hydrogen (secondary N) is 1. The predicted octanol–water partition coefficient (Wildman–Crippen LogP) is -0.149. The molecule has 3 heterocycles. The fourth-order valence-corrected chi connectivity index (χ4v) is 4.27. The van der Waals surface area contributed by atoms with Crippen LogP contribution in [0.25, 0.3) is 0 Å². The smallest absolute Gasteiger partial charge is 0.236 e. The fourth-order valence-electron chi connectivity index (χ4n) is 3.41. The van der Waals surface area contributed by atoms with E-state index in [1.165, 1.54) is 12.5 Å². The largest absolute Gasteiger partial charge is 0.378 e. The molecule has 2 aliphatic rings. The van der Waals surface area contributed by atoms with Gasteiger partial charge in [-0.2, -0.15) is 5.10 Å². The van der Waals surface area contributed by atoms with Crippen LogP contribution in [-0.4, -0.2) is 86.5 Å². The highest BCUT2D eigenvalue weighted by Crippen LogP contribution is 2.29. The van der Waals surface area contributed by atoms with E-state index in [0.29, 0.717) is 45.1 Å². The van der Waals surface area contributed by atoms with Gasteiger partial charge in [-0.1, -0.05) is 0 Å². The summed E-state index contributed by atoms with van der Waals surface area (Å²) in [5.74, 6) is 0.176. The number of amides is 1. The summed E-state index contributed by atoms with van der Waals surface area (Å²) in [6.45, 7) is 4.39. The van der Waals surface area contributed by atoms with Crippen LogP contribution in [0.3, 0.4) is 0 Å². The number of piperidine rings is 1. The van der Waals surface area contributed by atoms with Gasteiger partial charge in [-0.15, -0.1) is 0 Å². The van der Waals surface area contributed by atoms with Crippen molar-refractivity contribution in [3.05, 3.63) is 11.9 Å². The molecule has 24 heavy (non-hydrogen) atoms. The van der Waals surface area contributed by atoms with Crippen molar-refractivity contribution in [2.24, 2.45) is 0 Å². The van der Waals surface area contributed by atoms with Gasteiger partial charge in [0.1, 0.15) is 4.90 Å².